The number of hydrogen-bond acceptors (Lipinski definition) is 4. The monoisotopic (exact) mass is 206 g/mol. The van der Waals surface area contributed by atoms with Gasteiger partial charge in [0.1, 0.15) is 5.82 Å². The van der Waals surface area contributed by atoms with Crippen molar-refractivity contribution in [2.45, 2.75) is 12.5 Å². The Morgan fingerprint density at radius 1 is 1.60 bits per heavy atom. The van der Waals surface area contributed by atoms with Gasteiger partial charge in [-0.3, -0.25) is 4.98 Å². The average molecular weight is 206 g/mol. The van der Waals surface area contributed by atoms with Crippen molar-refractivity contribution in [2.75, 3.05) is 13.7 Å². The standard InChI is InChI=1S/C10H14N4O/c1-15-5-3-7(11)10-13-8-2-4-12-6-9(8)14-10/h2,4,6-7H,3,5,11H2,1H3,(H,13,14). The second kappa shape index (κ2) is 4.37. The highest BCUT2D eigenvalue weighted by atomic mass is 16.5. The quantitative estimate of drug-likeness (QED) is 0.782. The number of nitrogens with one attached hydrogen (secondary N) is 1. The van der Waals surface area contributed by atoms with Crippen molar-refractivity contribution in [3.63, 3.8) is 0 Å². The summed E-state index contributed by atoms with van der Waals surface area (Å²) in [7, 11) is 1.66. The van der Waals surface area contributed by atoms with E-state index in [0.717, 1.165) is 23.3 Å². The zero-order valence-electron chi connectivity index (χ0n) is 8.60. The molecule has 2 aromatic rings. The molecule has 1 unspecified atom stereocenters. The van der Waals surface area contributed by atoms with Crippen LogP contribution in [0.2, 0.25) is 0 Å². The van der Waals surface area contributed by atoms with Gasteiger partial charge in [0, 0.05) is 19.9 Å². The zero-order valence-corrected chi connectivity index (χ0v) is 8.60. The van der Waals surface area contributed by atoms with E-state index in [-0.39, 0.29) is 6.04 Å². The summed E-state index contributed by atoms with van der Waals surface area (Å²) in [6.07, 6.45) is 4.21. The smallest absolute Gasteiger partial charge is 0.124 e. The fraction of sp³-hybridized carbons (Fsp3) is 0.400. The van der Waals surface area contributed by atoms with Gasteiger partial charge in [-0.05, 0) is 12.5 Å². The summed E-state index contributed by atoms with van der Waals surface area (Å²) in [5.41, 5.74) is 7.76. The van der Waals surface area contributed by atoms with Crippen molar-refractivity contribution < 1.29 is 4.74 Å². The first-order valence-corrected chi connectivity index (χ1v) is 4.85. The van der Waals surface area contributed by atoms with Gasteiger partial charge in [0.25, 0.3) is 0 Å². The maximum absolute atomic E-state index is 5.95. The van der Waals surface area contributed by atoms with Gasteiger partial charge in [-0.15, -0.1) is 0 Å². The van der Waals surface area contributed by atoms with E-state index < -0.39 is 0 Å². The Hall–Kier alpha value is -1.46. The van der Waals surface area contributed by atoms with Gasteiger partial charge in [0.15, 0.2) is 0 Å². The van der Waals surface area contributed by atoms with Gasteiger partial charge < -0.3 is 15.5 Å². The molecule has 0 amide bonds. The number of fused-ring (bicyclic) bond motifs is 1. The second-order valence-electron chi connectivity index (χ2n) is 3.40. The minimum atomic E-state index is -0.114. The lowest BCUT2D eigenvalue weighted by Crippen LogP contribution is -2.14. The Morgan fingerprint density at radius 3 is 3.20 bits per heavy atom. The minimum Gasteiger partial charge on any atom is -0.385 e. The molecule has 0 bridgehead atoms. The van der Waals surface area contributed by atoms with Crippen LogP contribution in [-0.2, 0) is 4.74 Å². The summed E-state index contributed by atoms with van der Waals surface area (Å²) >= 11 is 0. The van der Waals surface area contributed by atoms with Crippen molar-refractivity contribution in [1.29, 1.82) is 0 Å². The lowest BCUT2D eigenvalue weighted by Gasteiger charge is -2.06. The normalized spacial score (nSPS) is 13.2. The van der Waals surface area contributed by atoms with E-state index in [2.05, 4.69) is 15.0 Å². The fourth-order valence-corrected chi connectivity index (χ4v) is 1.43. The van der Waals surface area contributed by atoms with Crippen LogP contribution in [-0.4, -0.2) is 28.7 Å². The van der Waals surface area contributed by atoms with E-state index in [1.807, 2.05) is 6.07 Å². The molecule has 0 aliphatic rings. The molecule has 0 aliphatic carbocycles. The van der Waals surface area contributed by atoms with Gasteiger partial charge in [0.05, 0.1) is 23.3 Å². The van der Waals surface area contributed by atoms with Gasteiger partial charge in [-0.1, -0.05) is 0 Å². The van der Waals surface area contributed by atoms with Crippen molar-refractivity contribution >= 4 is 11.0 Å². The number of nitrogens with two attached hydrogens (primary N) is 1. The van der Waals surface area contributed by atoms with Crippen molar-refractivity contribution in [3.05, 3.63) is 24.3 Å². The Labute approximate surface area is 87.7 Å². The molecule has 0 fully saturated rings. The molecule has 2 heterocycles. The Morgan fingerprint density at radius 2 is 2.47 bits per heavy atom. The Bertz CT molecular complexity index is 407. The van der Waals surface area contributed by atoms with Crippen LogP contribution in [0.5, 0.6) is 0 Å². The lowest BCUT2D eigenvalue weighted by molar-refractivity contribution is 0.187. The van der Waals surface area contributed by atoms with Crippen LogP contribution >= 0.6 is 0 Å². The number of rotatable bonds is 4. The van der Waals surface area contributed by atoms with E-state index >= 15 is 0 Å². The molecule has 0 aliphatic heterocycles. The lowest BCUT2D eigenvalue weighted by atomic mass is 10.2. The Balaban J connectivity index is 2.20. The number of imidazole rings is 1. The number of hydrogen-bond donors (Lipinski definition) is 2. The number of H-pyrrole nitrogens is 1. The molecule has 0 saturated carbocycles. The average Bonchev–Trinajstić information content (AvgIpc) is 2.69. The fourth-order valence-electron chi connectivity index (χ4n) is 1.43. The molecule has 15 heavy (non-hydrogen) atoms. The molecule has 0 radical (unpaired) electrons. The van der Waals surface area contributed by atoms with E-state index in [1.54, 1.807) is 19.5 Å². The highest BCUT2D eigenvalue weighted by Gasteiger charge is 2.10. The third-order valence-corrected chi connectivity index (χ3v) is 2.29. The first-order chi connectivity index (χ1) is 7.31. The summed E-state index contributed by atoms with van der Waals surface area (Å²) in [6, 6.07) is 1.75. The molecule has 0 saturated heterocycles. The maximum Gasteiger partial charge on any atom is 0.124 e. The van der Waals surface area contributed by atoms with Crippen LogP contribution in [0.4, 0.5) is 0 Å². The molecule has 5 heteroatoms. The predicted molar refractivity (Wildman–Crippen MR) is 57.3 cm³/mol. The zero-order chi connectivity index (χ0) is 10.7. The molecule has 2 aromatic heterocycles. The van der Waals surface area contributed by atoms with E-state index in [1.165, 1.54) is 0 Å². The minimum absolute atomic E-state index is 0.114. The highest BCUT2D eigenvalue weighted by molar-refractivity contribution is 5.73. The molecule has 0 aromatic carbocycles. The van der Waals surface area contributed by atoms with Crippen LogP contribution in [0.3, 0.4) is 0 Å². The first-order valence-electron chi connectivity index (χ1n) is 4.85. The van der Waals surface area contributed by atoms with Crippen molar-refractivity contribution in [3.8, 4) is 0 Å². The topological polar surface area (TPSA) is 76.8 Å². The van der Waals surface area contributed by atoms with E-state index in [0.29, 0.717) is 6.61 Å². The third kappa shape index (κ3) is 2.14. The maximum atomic E-state index is 5.95. The van der Waals surface area contributed by atoms with Crippen LogP contribution < -0.4 is 5.73 Å². The van der Waals surface area contributed by atoms with Crippen LogP contribution in [0.15, 0.2) is 18.5 Å². The number of nitrogens with zero attached hydrogens (tertiary/aromatic N) is 2. The number of pyridine rings is 1. The van der Waals surface area contributed by atoms with Gasteiger partial charge >= 0.3 is 0 Å². The molecular weight excluding hydrogens is 192 g/mol. The summed E-state index contributed by atoms with van der Waals surface area (Å²) < 4.78 is 4.97. The number of aromatic nitrogens is 3. The van der Waals surface area contributed by atoms with Gasteiger partial charge in [-0.25, -0.2) is 4.98 Å². The van der Waals surface area contributed by atoms with E-state index in [9.17, 15) is 0 Å². The van der Waals surface area contributed by atoms with E-state index in [4.69, 9.17) is 10.5 Å². The van der Waals surface area contributed by atoms with Gasteiger partial charge in [-0.2, -0.15) is 0 Å². The summed E-state index contributed by atoms with van der Waals surface area (Å²) in [4.78, 5) is 11.6. The highest BCUT2D eigenvalue weighted by Crippen LogP contribution is 2.15. The van der Waals surface area contributed by atoms with Crippen LogP contribution in [0, 0.1) is 0 Å². The third-order valence-electron chi connectivity index (χ3n) is 2.29. The summed E-state index contributed by atoms with van der Waals surface area (Å²) in [6.45, 7) is 0.635. The molecule has 0 spiro atoms. The SMILES string of the molecule is COCCC(N)c1nc2ccncc2[nH]1. The number of aromatic amines is 1. The molecule has 80 valence electrons. The Kier molecular flexibility index (Phi) is 2.94. The predicted octanol–water partition coefficient (Wildman–Crippen LogP) is 0.994. The molecule has 3 N–H and O–H groups in total. The summed E-state index contributed by atoms with van der Waals surface area (Å²) in [5.74, 6) is 0.787. The number of methoxy groups -OCH3 is 1. The van der Waals surface area contributed by atoms with Crippen molar-refractivity contribution in [1.82, 2.24) is 15.0 Å². The van der Waals surface area contributed by atoms with Crippen LogP contribution in [0.25, 0.3) is 11.0 Å². The molecule has 1 atom stereocenters. The molecular formula is C10H14N4O. The number of ether oxygens (including phenoxy) is 1. The molecule has 5 nitrogen and oxygen atoms in total. The molecule has 2 rings (SSSR count). The summed E-state index contributed by atoms with van der Waals surface area (Å²) in [5, 5.41) is 0. The van der Waals surface area contributed by atoms with Crippen molar-refractivity contribution in [2.24, 2.45) is 5.73 Å². The largest absolute Gasteiger partial charge is 0.385 e. The van der Waals surface area contributed by atoms with Gasteiger partial charge in [0.2, 0.25) is 0 Å². The van der Waals surface area contributed by atoms with Crippen LogP contribution in [0.1, 0.15) is 18.3 Å². The first kappa shape index (κ1) is 10.1. The second-order valence-corrected chi connectivity index (χ2v) is 3.40.